The molecule has 0 aliphatic heterocycles. The number of nitrogens with zero attached hydrogens (tertiary/aromatic N) is 1. The van der Waals surface area contributed by atoms with Gasteiger partial charge in [0.2, 0.25) is 0 Å². The normalized spacial score (nSPS) is 10.3. The number of carbonyl (C=O) groups excluding carboxylic acids is 1. The highest BCUT2D eigenvalue weighted by atomic mass is 79.9. The molecule has 0 spiro atoms. The molecule has 0 saturated heterocycles. The van der Waals surface area contributed by atoms with E-state index in [9.17, 15) is 4.79 Å². The zero-order valence-electron chi connectivity index (χ0n) is 11.4. The second-order valence-corrected chi connectivity index (χ2v) is 6.79. The Morgan fingerprint density at radius 1 is 1.45 bits per heavy atom. The number of benzene rings is 1. The number of amides is 1. The summed E-state index contributed by atoms with van der Waals surface area (Å²) in [6.07, 6.45) is 2.74. The Kier molecular flexibility index (Phi) is 5.14. The molecule has 0 fully saturated rings. The summed E-state index contributed by atoms with van der Waals surface area (Å²) in [7, 11) is 0. The molecule has 1 heterocycles. The molecule has 2 rings (SSSR count). The van der Waals surface area contributed by atoms with Gasteiger partial charge >= 0.3 is 0 Å². The minimum Gasteiger partial charge on any atom is -0.385 e. The van der Waals surface area contributed by atoms with Gasteiger partial charge in [0.1, 0.15) is 0 Å². The van der Waals surface area contributed by atoms with Gasteiger partial charge < -0.3 is 5.32 Å². The Hall–Kier alpha value is -1.40. The molecular formula is C14H16BrN3OS. The van der Waals surface area contributed by atoms with E-state index in [-0.39, 0.29) is 5.91 Å². The van der Waals surface area contributed by atoms with Crippen LogP contribution in [0.5, 0.6) is 0 Å². The van der Waals surface area contributed by atoms with E-state index in [1.807, 2.05) is 25.1 Å². The molecular weight excluding hydrogens is 338 g/mol. The molecule has 1 amide bonds. The van der Waals surface area contributed by atoms with Crippen molar-refractivity contribution in [3.05, 3.63) is 39.3 Å². The van der Waals surface area contributed by atoms with E-state index in [1.165, 1.54) is 11.3 Å². The fourth-order valence-corrected chi connectivity index (χ4v) is 2.85. The molecule has 0 bridgehead atoms. The monoisotopic (exact) mass is 353 g/mol. The third-order valence-corrected chi connectivity index (χ3v) is 4.14. The molecule has 0 radical (unpaired) electrons. The average molecular weight is 354 g/mol. The summed E-state index contributed by atoms with van der Waals surface area (Å²) in [5.41, 5.74) is 2.77. The quantitative estimate of drug-likeness (QED) is 0.842. The molecule has 20 heavy (non-hydrogen) atoms. The van der Waals surface area contributed by atoms with Crippen LogP contribution >= 0.6 is 27.3 Å². The summed E-state index contributed by atoms with van der Waals surface area (Å²) in [6, 6.07) is 5.65. The molecule has 0 saturated carbocycles. The number of aromatic nitrogens is 1. The van der Waals surface area contributed by atoms with Crippen molar-refractivity contribution in [1.82, 2.24) is 4.98 Å². The van der Waals surface area contributed by atoms with Crippen LogP contribution in [-0.4, -0.2) is 17.4 Å². The van der Waals surface area contributed by atoms with Gasteiger partial charge in [-0.3, -0.25) is 10.1 Å². The topological polar surface area (TPSA) is 54.0 Å². The molecule has 0 aliphatic carbocycles. The fourth-order valence-electron chi connectivity index (χ4n) is 1.74. The lowest BCUT2D eigenvalue weighted by molar-refractivity contribution is 0.102. The molecule has 2 N–H and O–H groups in total. The van der Waals surface area contributed by atoms with Gasteiger partial charge in [0, 0.05) is 17.8 Å². The first-order valence-corrected chi connectivity index (χ1v) is 7.98. The summed E-state index contributed by atoms with van der Waals surface area (Å²) in [4.78, 5) is 16.2. The van der Waals surface area contributed by atoms with Crippen LogP contribution in [0.1, 0.15) is 29.3 Å². The molecule has 0 aliphatic rings. The maximum absolute atomic E-state index is 12.1. The number of carbonyl (C=O) groups is 1. The maximum Gasteiger partial charge on any atom is 0.257 e. The fraction of sp³-hybridized carbons (Fsp3) is 0.286. The summed E-state index contributed by atoms with van der Waals surface area (Å²) < 4.78 is 0.892. The highest BCUT2D eigenvalue weighted by Gasteiger charge is 2.10. The maximum atomic E-state index is 12.1. The average Bonchev–Trinajstić information content (AvgIpc) is 2.82. The number of aryl methyl sites for hydroxylation is 1. The van der Waals surface area contributed by atoms with Gasteiger partial charge in [-0.05, 0) is 53.0 Å². The van der Waals surface area contributed by atoms with Crippen molar-refractivity contribution in [2.75, 3.05) is 17.2 Å². The van der Waals surface area contributed by atoms with Gasteiger partial charge in [0.05, 0.1) is 9.98 Å². The van der Waals surface area contributed by atoms with E-state index in [2.05, 4.69) is 38.5 Å². The second-order valence-electron chi connectivity index (χ2n) is 4.38. The standard InChI is InChI=1S/C14H16BrN3OS/c1-3-6-16-11-5-4-10(7-9(11)2)13(19)18-14-17-8-12(15)20-14/h4-5,7-8,16H,3,6H2,1-2H3,(H,17,18,19). The van der Waals surface area contributed by atoms with Crippen molar-refractivity contribution >= 4 is 44.0 Å². The number of hydrogen-bond acceptors (Lipinski definition) is 4. The Bertz CT molecular complexity index is 612. The van der Waals surface area contributed by atoms with Crippen LogP contribution in [0.3, 0.4) is 0 Å². The van der Waals surface area contributed by atoms with Crippen LogP contribution in [-0.2, 0) is 0 Å². The number of rotatable bonds is 5. The Morgan fingerprint density at radius 2 is 2.25 bits per heavy atom. The van der Waals surface area contributed by atoms with E-state index in [0.717, 1.165) is 28.0 Å². The first-order chi connectivity index (χ1) is 9.60. The smallest absolute Gasteiger partial charge is 0.257 e. The molecule has 1 aromatic heterocycles. The minimum atomic E-state index is -0.142. The predicted molar refractivity (Wildman–Crippen MR) is 87.7 cm³/mol. The van der Waals surface area contributed by atoms with Crippen LogP contribution in [0.15, 0.2) is 28.2 Å². The van der Waals surface area contributed by atoms with Crippen molar-refractivity contribution in [1.29, 1.82) is 0 Å². The summed E-state index contributed by atoms with van der Waals surface area (Å²) in [5, 5.41) is 6.71. The van der Waals surface area contributed by atoms with Gasteiger partial charge in [0.15, 0.2) is 5.13 Å². The first kappa shape index (κ1) is 15.0. The lowest BCUT2D eigenvalue weighted by Crippen LogP contribution is -2.12. The van der Waals surface area contributed by atoms with E-state index in [1.54, 1.807) is 6.20 Å². The van der Waals surface area contributed by atoms with Crippen LogP contribution in [0.4, 0.5) is 10.8 Å². The predicted octanol–water partition coefficient (Wildman–Crippen LogP) is 4.29. The molecule has 4 nitrogen and oxygen atoms in total. The Balaban J connectivity index is 2.08. The highest BCUT2D eigenvalue weighted by molar-refractivity contribution is 9.11. The van der Waals surface area contributed by atoms with E-state index < -0.39 is 0 Å². The third kappa shape index (κ3) is 3.80. The van der Waals surface area contributed by atoms with Gasteiger partial charge in [-0.2, -0.15) is 0 Å². The van der Waals surface area contributed by atoms with Crippen molar-refractivity contribution in [3.63, 3.8) is 0 Å². The zero-order valence-corrected chi connectivity index (χ0v) is 13.8. The van der Waals surface area contributed by atoms with Gasteiger partial charge in [-0.15, -0.1) is 0 Å². The molecule has 0 atom stereocenters. The Morgan fingerprint density at radius 3 is 2.85 bits per heavy atom. The van der Waals surface area contributed by atoms with E-state index >= 15 is 0 Å². The lowest BCUT2D eigenvalue weighted by Gasteiger charge is -2.10. The number of anilines is 2. The van der Waals surface area contributed by atoms with Gasteiger partial charge in [-0.25, -0.2) is 4.98 Å². The largest absolute Gasteiger partial charge is 0.385 e. The highest BCUT2D eigenvalue weighted by Crippen LogP contribution is 2.24. The van der Waals surface area contributed by atoms with Crippen LogP contribution in [0.25, 0.3) is 0 Å². The SMILES string of the molecule is CCCNc1ccc(C(=O)Nc2ncc(Br)s2)cc1C. The second kappa shape index (κ2) is 6.85. The minimum absolute atomic E-state index is 0.142. The van der Waals surface area contributed by atoms with Crippen molar-refractivity contribution in [3.8, 4) is 0 Å². The molecule has 0 unspecified atom stereocenters. The van der Waals surface area contributed by atoms with Crippen molar-refractivity contribution in [2.24, 2.45) is 0 Å². The number of halogens is 1. The van der Waals surface area contributed by atoms with Crippen LogP contribution < -0.4 is 10.6 Å². The number of hydrogen-bond donors (Lipinski definition) is 2. The van der Waals surface area contributed by atoms with Crippen LogP contribution in [0, 0.1) is 6.92 Å². The molecule has 6 heteroatoms. The third-order valence-electron chi connectivity index (χ3n) is 2.75. The summed E-state index contributed by atoms with van der Waals surface area (Å²) >= 11 is 4.71. The summed E-state index contributed by atoms with van der Waals surface area (Å²) in [5.74, 6) is -0.142. The van der Waals surface area contributed by atoms with E-state index in [0.29, 0.717) is 10.7 Å². The van der Waals surface area contributed by atoms with Crippen LogP contribution in [0.2, 0.25) is 0 Å². The molecule has 2 aromatic rings. The zero-order chi connectivity index (χ0) is 14.5. The van der Waals surface area contributed by atoms with Crippen molar-refractivity contribution in [2.45, 2.75) is 20.3 Å². The molecule has 1 aromatic carbocycles. The van der Waals surface area contributed by atoms with Gasteiger partial charge in [0.25, 0.3) is 5.91 Å². The van der Waals surface area contributed by atoms with E-state index in [4.69, 9.17) is 0 Å². The number of nitrogens with one attached hydrogen (secondary N) is 2. The Labute approximate surface area is 130 Å². The van der Waals surface area contributed by atoms with Crippen molar-refractivity contribution < 1.29 is 4.79 Å². The first-order valence-electron chi connectivity index (χ1n) is 6.37. The number of thiazole rings is 1. The van der Waals surface area contributed by atoms with Gasteiger partial charge in [-0.1, -0.05) is 18.3 Å². The molecule has 106 valence electrons. The summed E-state index contributed by atoms with van der Waals surface area (Å²) in [6.45, 7) is 5.05. The lowest BCUT2D eigenvalue weighted by atomic mass is 10.1.